The number of benzene rings is 2. The summed E-state index contributed by atoms with van der Waals surface area (Å²) in [6.07, 6.45) is 0. The van der Waals surface area contributed by atoms with E-state index in [-0.39, 0.29) is 30.2 Å². The normalized spacial score (nSPS) is 10.9. The Morgan fingerprint density at radius 2 is 1.65 bits per heavy atom. The SMILES string of the molecule is Cc1ccccc1NC(=O)N(CC(=O)N(Cc1ccc(F)cc1)Cc1sccc1C)CC(C)C. The highest BCUT2D eigenvalue weighted by molar-refractivity contribution is 7.10. The van der Waals surface area contributed by atoms with Crippen LogP contribution in [-0.4, -0.2) is 34.8 Å². The van der Waals surface area contributed by atoms with E-state index in [9.17, 15) is 14.0 Å². The van der Waals surface area contributed by atoms with Crippen LogP contribution in [0, 0.1) is 25.6 Å². The van der Waals surface area contributed by atoms with Crippen LogP contribution >= 0.6 is 11.3 Å². The highest BCUT2D eigenvalue weighted by atomic mass is 32.1. The van der Waals surface area contributed by atoms with Gasteiger partial charge in [-0.2, -0.15) is 0 Å². The molecule has 0 spiro atoms. The van der Waals surface area contributed by atoms with Crippen LogP contribution in [0.3, 0.4) is 0 Å². The van der Waals surface area contributed by atoms with Crippen LogP contribution in [0.25, 0.3) is 0 Å². The van der Waals surface area contributed by atoms with Gasteiger partial charge in [-0.15, -0.1) is 11.3 Å². The fourth-order valence-corrected chi connectivity index (χ4v) is 4.53. The molecule has 0 radical (unpaired) electrons. The lowest BCUT2D eigenvalue weighted by Crippen LogP contribution is -2.45. The molecule has 0 saturated carbocycles. The lowest BCUT2D eigenvalue weighted by Gasteiger charge is -2.29. The highest BCUT2D eigenvalue weighted by Crippen LogP contribution is 2.20. The summed E-state index contributed by atoms with van der Waals surface area (Å²) in [6.45, 7) is 9.18. The molecule has 3 aromatic rings. The van der Waals surface area contributed by atoms with Gasteiger partial charge in [-0.25, -0.2) is 9.18 Å². The number of urea groups is 1. The predicted octanol–water partition coefficient (Wildman–Crippen LogP) is 6.22. The number of hydrogen-bond donors (Lipinski definition) is 1. The number of thiophene rings is 1. The number of amides is 3. The Bertz CT molecular complexity index is 1110. The number of rotatable bonds is 9. The standard InChI is InChI=1S/C27H32FN3O2S/c1-19(2)15-31(27(33)29-24-8-6-5-7-20(24)3)18-26(32)30(17-25-21(4)13-14-34-25)16-22-9-11-23(28)12-10-22/h5-14,19H,15-18H2,1-4H3,(H,29,33). The summed E-state index contributed by atoms with van der Waals surface area (Å²) in [5.74, 6) is -0.273. The summed E-state index contributed by atoms with van der Waals surface area (Å²) in [6, 6.07) is 15.5. The van der Waals surface area contributed by atoms with E-state index in [4.69, 9.17) is 0 Å². The quantitative estimate of drug-likeness (QED) is 0.394. The summed E-state index contributed by atoms with van der Waals surface area (Å²) in [4.78, 5) is 31.0. The molecule has 1 N–H and O–H groups in total. The maximum absolute atomic E-state index is 13.5. The smallest absolute Gasteiger partial charge is 0.322 e. The molecule has 3 rings (SSSR count). The Kier molecular flexibility index (Phi) is 8.82. The van der Waals surface area contributed by atoms with Crippen molar-refractivity contribution in [2.75, 3.05) is 18.4 Å². The third-order valence-electron chi connectivity index (χ3n) is 5.53. The minimum absolute atomic E-state index is 0.0402. The first-order valence-corrected chi connectivity index (χ1v) is 12.3. The molecular formula is C27H32FN3O2S. The van der Waals surface area contributed by atoms with Crippen molar-refractivity contribution >= 4 is 29.0 Å². The maximum atomic E-state index is 13.5. The van der Waals surface area contributed by atoms with Crippen molar-refractivity contribution in [2.24, 2.45) is 5.92 Å². The molecule has 0 aliphatic heterocycles. The van der Waals surface area contributed by atoms with Crippen LogP contribution in [-0.2, 0) is 17.9 Å². The molecule has 0 atom stereocenters. The second-order valence-corrected chi connectivity index (χ2v) is 9.92. The van der Waals surface area contributed by atoms with Gasteiger partial charge in [0.15, 0.2) is 0 Å². The van der Waals surface area contributed by atoms with Crippen LogP contribution in [0.1, 0.15) is 35.4 Å². The first kappa shape index (κ1) is 25.4. The molecule has 0 saturated heterocycles. The monoisotopic (exact) mass is 481 g/mol. The second-order valence-electron chi connectivity index (χ2n) is 8.92. The molecule has 180 valence electrons. The number of carbonyl (C=O) groups is 2. The van der Waals surface area contributed by atoms with Gasteiger partial charge in [-0.05, 0) is 66.1 Å². The Morgan fingerprint density at radius 3 is 2.26 bits per heavy atom. The third-order valence-corrected chi connectivity index (χ3v) is 6.54. The zero-order chi connectivity index (χ0) is 24.7. The van der Waals surface area contributed by atoms with Crippen molar-refractivity contribution in [3.8, 4) is 0 Å². The summed E-state index contributed by atoms with van der Waals surface area (Å²) in [7, 11) is 0. The van der Waals surface area contributed by atoms with Crippen molar-refractivity contribution in [1.29, 1.82) is 0 Å². The van der Waals surface area contributed by atoms with Gasteiger partial charge in [-0.3, -0.25) is 4.79 Å². The topological polar surface area (TPSA) is 52.7 Å². The minimum Gasteiger partial charge on any atom is -0.332 e. The van der Waals surface area contributed by atoms with E-state index in [1.807, 2.05) is 63.4 Å². The van der Waals surface area contributed by atoms with E-state index in [1.54, 1.807) is 33.3 Å². The van der Waals surface area contributed by atoms with Crippen LogP contribution in [0.15, 0.2) is 60.0 Å². The molecule has 0 aliphatic rings. The van der Waals surface area contributed by atoms with E-state index in [2.05, 4.69) is 5.32 Å². The number of halogens is 1. The number of anilines is 1. The van der Waals surface area contributed by atoms with Gasteiger partial charge in [0.1, 0.15) is 12.4 Å². The molecule has 0 unspecified atom stereocenters. The number of para-hydroxylation sites is 1. The fraction of sp³-hybridized carbons (Fsp3) is 0.333. The van der Waals surface area contributed by atoms with Crippen molar-refractivity contribution in [3.05, 3.63) is 87.4 Å². The molecule has 0 bridgehead atoms. The minimum atomic E-state index is -0.313. The molecule has 0 fully saturated rings. The predicted molar refractivity (Wildman–Crippen MR) is 136 cm³/mol. The molecule has 1 aromatic heterocycles. The maximum Gasteiger partial charge on any atom is 0.322 e. The van der Waals surface area contributed by atoms with Gasteiger partial charge in [-0.1, -0.05) is 44.2 Å². The van der Waals surface area contributed by atoms with E-state index in [0.717, 1.165) is 27.3 Å². The molecule has 2 aromatic carbocycles. The number of nitrogens with zero attached hydrogens (tertiary/aromatic N) is 2. The van der Waals surface area contributed by atoms with Gasteiger partial charge in [0.2, 0.25) is 5.91 Å². The summed E-state index contributed by atoms with van der Waals surface area (Å²) in [5, 5.41) is 4.95. The van der Waals surface area contributed by atoms with Crippen LogP contribution < -0.4 is 5.32 Å². The zero-order valence-corrected chi connectivity index (χ0v) is 21.0. The lowest BCUT2D eigenvalue weighted by molar-refractivity contribution is -0.133. The Morgan fingerprint density at radius 1 is 0.941 bits per heavy atom. The zero-order valence-electron chi connectivity index (χ0n) is 20.2. The third kappa shape index (κ3) is 7.15. The van der Waals surface area contributed by atoms with Gasteiger partial charge in [0.25, 0.3) is 0 Å². The summed E-state index contributed by atoms with van der Waals surface area (Å²) >= 11 is 1.60. The molecule has 7 heteroatoms. The van der Waals surface area contributed by atoms with Crippen molar-refractivity contribution in [3.63, 3.8) is 0 Å². The van der Waals surface area contributed by atoms with Gasteiger partial charge in [0, 0.05) is 23.7 Å². The average Bonchev–Trinajstić information content (AvgIpc) is 3.19. The first-order valence-electron chi connectivity index (χ1n) is 11.4. The van der Waals surface area contributed by atoms with E-state index in [1.165, 1.54) is 12.1 Å². The van der Waals surface area contributed by atoms with Gasteiger partial charge < -0.3 is 15.1 Å². The molecule has 34 heavy (non-hydrogen) atoms. The molecular weight excluding hydrogens is 449 g/mol. The van der Waals surface area contributed by atoms with Crippen molar-refractivity contribution < 1.29 is 14.0 Å². The van der Waals surface area contributed by atoms with Crippen molar-refractivity contribution in [1.82, 2.24) is 9.80 Å². The average molecular weight is 482 g/mol. The second kappa shape index (κ2) is 11.8. The molecule has 1 heterocycles. The van der Waals surface area contributed by atoms with Crippen LogP contribution in [0.2, 0.25) is 0 Å². The Labute approximate surface area is 205 Å². The van der Waals surface area contributed by atoms with E-state index >= 15 is 0 Å². The molecule has 5 nitrogen and oxygen atoms in total. The largest absolute Gasteiger partial charge is 0.332 e. The Balaban J connectivity index is 1.79. The summed E-state index contributed by atoms with van der Waals surface area (Å²) < 4.78 is 13.4. The summed E-state index contributed by atoms with van der Waals surface area (Å²) in [5.41, 5.74) is 3.64. The molecule has 3 amide bonds. The molecule has 0 aliphatic carbocycles. The van der Waals surface area contributed by atoms with E-state index in [0.29, 0.717) is 19.6 Å². The number of aryl methyl sites for hydroxylation is 2. The first-order chi connectivity index (χ1) is 16.2. The van der Waals surface area contributed by atoms with Gasteiger partial charge >= 0.3 is 6.03 Å². The number of hydrogen-bond acceptors (Lipinski definition) is 3. The lowest BCUT2D eigenvalue weighted by atomic mass is 10.2. The number of carbonyl (C=O) groups excluding carboxylic acids is 2. The van der Waals surface area contributed by atoms with E-state index < -0.39 is 0 Å². The van der Waals surface area contributed by atoms with Crippen molar-refractivity contribution in [2.45, 2.75) is 40.8 Å². The highest BCUT2D eigenvalue weighted by Gasteiger charge is 2.23. The van der Waals surface area contributed by atoms with Gasteiger partial charge in [0.05, 0.1) is 6.54 Å². The Hall–Kier alpha value is -3.19. The number of nitrogens with one attached hydrogen (secondary N) is 1. The van der Waals surface area contributed by atoms with Crippen LogP contribution in [0.5, 0.6) is 0 Å². The van der Waals surface area contributed by atoms with Crippen LogP contribution in [0.4, 0.5) is 14.9 Å². The fourth-order valence-electron chi connectivity index (χ4n) is 3.61.